The van der Waals surface area contributed by atoms with Crippen molar-refractivity contribution in [1.82, 2.24) is 0 Å². The van der Waals surface area contributed by atoms with Crippen LogP contribution in [0, 0.1) is 0 Å². The fourth-order valence-corrected chi connectivity index (χ4v) is 6.62. The molecule has 7 rings (SSSR count). The first-order valence-corrected chi connectivity index (χ1v) is 16.7. The van der Waals surface area contributed by atoms with E-state index in [1.807, 2.05) is 129 Å². The Kier molecular flexibility index (Phi) is 9.92. The lowest BCUT2D eigenvalue weighted by atomic mass is 9.80. The Balaban J connectivity index is 1.29. The van der Waals surface area contributed by atoms with Gasteiger partial charge in [0.2, 0.25) is 0 Å². The zero-order valence-electron chi connectivity index (χ0n) is 27.7. The van der Waals surface area contributed by atoms with E-state index in [1.165, 1.54) is 0 Å². The van der Waals surface area contributed by atoms with Gasteiger partial charge in [0.1, 0.15) is 30.0 Å². The van der Waals surface area contributed by atoms with Gasteiger partial charge in [0.25, 0.3) is 0 Å². The first kappa shape index (κ1) is 32.8. The number of nitrogens with zero attached hydrogens (tertiary/aromatic N) is 2. The molecule has 0 unspecified atom stereocenters. The second-order valence-electron chi connectivity index (χ2n) is 12.7. The van der Waals surface area contributed by atoms with Crippen molar-refractivity contribution in [2.75, 3.05) is 6.61 Å². The molecular formula is C42H40N2O5. The summed E-state index contributed by atoms with van der Waals surface area (Å²) in [6.45, 7) is 4.29. The Morgan fingerprint density at radius 1 is 0.694 bits per heavy atom. The monoisotopic (exact) mass is 652 g/mol. The summed E-state index contributed by atoms with van der Waals surface area (Å²) in [6, 6.07) is 52.9. The van der Waals surface area contributed by atoms with E-state index < -0.39 is 42.0 Å². The third-order valence-electron chi connectivity index (χ3n) is 8.86. The van der Waals surface area contributed by atoms with Crippen molar-refractivity contribution in [2.45, 2.75) is 62.5 Å². The average molecular weight is 653 g/mol. The molecule has 2 saturated heterocycles. The summed E-state index contributed by atoms with van der Waals surface area (Å²) in [5.74, 6) is -0.818. The lowest BCUT2D eigenvalue weighted by molar-refractivity contribution is -0.223. The standard InChI is InChI=1S/C42H40N2O5/c1-41(2)48-39-38(45-28-31-18-8-3-9-19-31)37(47-40(39)49-41)36(44-30-43-35-26-16-7-17-27-35)29-46-42(32-20-10-4-11-21-32,33-22-12-5-13-23-33)34-24-14-6-15-25-34/h3-27,36-40H,28-29H2,1-2H3/t36-,37-,38+,39-,40-/m1/s1. The van der Waals surface area contributed by atoms with Crippen molar-refractivity contribution in [3.8, 4) is 0 Å². The van der Waals surface area contributed by atoms with Gasteiger partial charge in [0.05, 0.1) is 24.9 Å². The molecule has 0 amide bonds. The van der Waals surface area contributed by atoms with Crippen LogP contribution in [0.25, 0.3) is 0 Å². The van der Waals surface area contributed by atoms with Gasteiger partial charge in [-0.15, -0.1) is 0 Å². The average Bonchev–Trinajstić information content (AvgIpc) is 3.63. The lowest BCUT2D eigenvalue weighted by Crippen LogP contribution is -2.45. The van der Waals surface area contributed by atoms with Gasteiger partial charge < -0.3 is 23.7 Å². The van der Waals surface area contributed by atoms with Gasteiger partial charge in [-0.3, -0.25) is 0 Å². The highest BCUT2D eigenvalue weighted by Crippen LogP contribution is 2.43. The number of benzene rings is 5. The van der Waals surface area contributed by atoms with Crippen LogP contribution in [0.2, 0.25) is 0 Å². The number of fused-ring (bicyclic) bond motifs is 1. The summed E-state index contributed by atoms with van der Waals surface area (Å²) < 4.78 is 33.1. The highest BCUT2D eigenvalue weighted by atomic mass is 16.8. The molecule has 0 aliphatic carbocycles. The molecule has 5 aromatic carbocycles. The zero-order valence-corrected chi connectivity index (χ0v) is 27.7. The van der Waals surface area contributed by atoms with Gasteiger partial charge in [0, 0.05) is 0 Å². The molecule has 7 heteroatoms. The Bertz CT molecular complexity index is 1730. The summed E-state index contributed by atoms with van der Waals surface area (Å²) in [6.07, 6.45) is -2.20. The van der Waals surface area contributed by atoms with Gasteiger partial charge in [-0.1, -0.05) is 140 Å². The fraction of sp³-hybridized carbons (Fsp3) is 0.262. The number of ether oxygens (including phenoxy) is 5. The predicted molar refractivity (Wildman–Crippen MR) is 189 cm³/mol. The fourth-order valence-electron chi connectivity index (χ4n) is 6.62. The molecule has 0 bridgehead atoms. The van der Waals surface area contributed by atoms with Gasteiger partial charge in [-0.25, -0.2) is 4.99 Å². The van der Waals surface area contributed by atoms with Gasteiger partial charge in [0.15, 0.2) is 12.1 Å². The summed E-state index contributed by atoms with van der Waals surface area (Å²) in [5.41, 5.74) is 3.79. The van der Waals surface area contributed by atoms with Crippen molar-refractivity contribution in [3.63, 3.8) is 0 Å². The predicted octanol–water partition coefficient (Wildman–Crippen LogP) is 8.33. The van der Waals surface area contributed by atoms with Crippen LogP contribution in [0.4, 0.5) is 5.69 Å². The first-order chi connectivity index (χ1) is 24.0. The minimum Gasteiger partial charge on any atom is -0.368 e. The summed E-state index contributed by atoms with van der Waals surface area (Å²) >= 11 is 0. The van der Waals surface area contributed by atoms with E-state index in [1.54, 1.807) is 0 Å². The highest BCUT2D eigenvalue weighted by molar-refractivity contribution is 5.52. The minimum atomic E-state index is -0.960. The Morgan fingerprint density at radius 2 is 1.20 bits per heavy atom. The van der Waals surface area contributed by atoms with Crippen LogP contribution < -0.4 is 0 Å². The molecule has 2 aliphatic heterocycles. The quantitative estimate of drug-likeness (QED) is 0.100. The number of hydrogen-bond acceptors (Lipinski definition) is 7. The second kappa shape index (κ2) is 14.8. The van der Waals surface area contributed by atoms with Gasteiger partial charge >= 0.3 is 0 Å². The largest absolute Gasteiger partial charge is 0.368 e. The van der Waals surface area contributed by atoms with Crippen molar-refractivity contribution < 1.29 is 23.7 Å². The van der Waals surface area contributed by atoms with Crippen molar-refractivity contribution in [1.29, 1.82) is 0 Å². The molecule has 248 valence electrons. The van der Waals surface area contributed by atoms with Crippen LogP contribution in [-0.2, 0) is 35.9 Å². The van der Waals surface area contributed by atoms with E-state index in [2.05, 4.69) is 47.4 Å². The van der Waals surface area contributed by atoms with Crippen molar-refractivity contribution in [2.24, 2.45) is 9.98 Å². The summed E-state index contributed by atoms with van der Waals surface area (Å²) in [5, 5.41) is 0. The number of aliphatic imine (C=N–C) groups is 2. The lowest BCUT2D eigenvalue weighted by Gasteiger charge is -2.37. The third-order valence-corrected chi connectivity index (χ3v) is 8.86. The summed E-state index contributed by atoms with van der Waals surface area (Å²) in [7, 11) is 0. The molecule has 2 aliphatic rings. The molecule has 5 aromatic rings. The second-order valence-corrected chi connectivity index (χ2v) is 12.7. The first-order valence-electron chi connectivity index (χ1n) is 16.7. The van der Waals surface area contributed by atoms with Gasteiger partial charge in [-0.2, -0.15) is 4.99 Å². The minimum absolute atomic E-state index is 0.148. The van der Waals surface area contributed by atoms with Crippen LogP contribution in [0.15, 0.2) is 162 Å². The van der Waals surface area contributed by atoms with Crippen LogP contribution in [0.5, 0.6) is 0 Å². The topological polar surface area (TPSA) is 70.9 Å². The Morgan fingerprint density at radius 3 is 1.76 bits per heavy atom. The maximum atomic E-state index is 7.25. The van der Waals surface area contributed by atoms with E-state index in [0.717, 1.165) is 27.9 Å². The van der Waals surface area contributed by atoms with Crippen molar-refractivity contribution in [3.05, 3.63) is 174 Å². The Hall–Kier alpha value is -4.72. The Labute approximate surface area is 287 Å². The molecule has 49 heavy (non-hydrogen) atoms. The van der Waals surface area contributed by atoms with Crippen LogP contribution >= 0.6 is 0 Å². The van der Waals surface area contributed by atoms with E-state index in [4.69, 9.17) is 28.7 Å². The molecule has 2 fully saturated rings. The molecule has 7 nitrogen and oxygen atoms in total. The third kappa shape index (κ3) is 7.33. The summed E-state index contributed by atoms with van der Waals surface area (Å²) in [4.78, 5) is 9.42. The van der Waals surface area contributed by atoms with Crippen LogP contribution in [-0.4, -0.2) is 49.0 Å². The molecule has 0 aromatic heterocycles. The molecule has 0 N–H and O–H groups in total. The van der Waals surface area contributed by atoms with E-state index in [9.17, 15) is 0 Å². The van der Waals surface area contributed by atoms with Crippen LogP contribution in [0.3, 0.4) is 0 Å². The van der Waals surface area contributed by atoms with E-state index in [-0.39, 0.29) is 6.61 Å². The molecule has 2 heterocycles. The van der Waals surface area contributed by atoms with Crippen LogP contribution in [0.1, 0.15) is 36.1 Å². The maximum absolute atomic E-state index is 7.25. The van der Waals surface area contributed by atoms with E-state index >= 15 is 0 Å². The number of rotatable bonds is 12. The van der Waals surface area contributed by atoms with Gasteiger partial charge in [-0.05, 0) is 48.2 Å². The maximum Gasteiger partial charge on any atom is 0.190 e. The number of para-hydroxylation sites is 1. The van der Waals surface area contributed by atoms with Crippen molar-refractivity contribution >= 4 is 11.7 Å². The number of hydrogen-bond donors (Lipinski definition) is 0. The molecule has 5 atom stereocenters. The normalized spacial score (nSPS) is 21.8. The van der Waals surface area contributed by atoms with E-state index in [0.29, 0.717) is 6.61 Å². The SMILES string of the molecule is CC1(C)O[C@H]2O[C@H]([C@@H](COC(c3ccccc3)(c3ccccc3)c3ccccc3)N=C=Nc3ccccc3)[C@H](OCc3ccccc3)[C@H]2O1. The highest BCUT2D eigenvalue weighted by Gasteiger charge is 2.57. The molecular weight excluding hydrogens is 612 g/mol. The smallest absolute Gasteiger partial charge is 0.190 e. The molecule has 0 radical (unpaired) electrons. The molecule has 0 spiro atoms. The zero-order chi connectivity index (χ0) is 33.5. The molecule has 0 saturated carbocycles.